The Bertz CT molecular complexity index is 238. The molecule has 1 saturated heterocycles. The Morgan fingerprint density at radius 1 is 1.43 bits per heavy atom. The monoisotopic (exact) mass is 199 g/mol. The Morgan fingerprint density at radius 3 is 2.50 bits per heavy atom. The fourth-order valence-electron chi connectivity index (χ4n) is 1.90. The molecule has 1 aliphatic heterocycles. The van der Waals surface area contributed by atoms with Gasteiger partial charge in [0.15, 0.2) is 0 Å². The fraction of sp³-hybridized carbons (Fsp3) is 0.800. The molecule has 0 aromatic heterocycles. The van der Waals surface area contributed by atoms with Crippen molar-refractivity contribution in [2.75, 3.05) is 6.54 Å². The minimum absolute atomic E-state index is 0.0163. The molecule has 1 fully saturated rings. The Balaban J connectivity index is 2.75. The number of likely N-dealkylation sites (tertiary alicyclic amines) is 1. The van der Waals surface area contributed by atoms with Crippen molar-refractivity contribution in [3.05, 3.63) is 0 Å². The van der Waals surface area contributed by atoms with Crippen LogP contribution in [0.5, 0.6) is 0 Å². The first-order valence-electron chi connectivity index (χ1n) is 5.06. The minimum atomic E-state index is -0.893. The zero-order chi connectivity index (χ0) is 10.7. The Morgan fingerprint density at radius 2 is 2.07 bits per heavy atom. The van der Waals surface area contributed by atoms with Gasteiger partial charge in [-0.05, 0) is 18.8 Å². The maximum absolute atomic E-state index is 11.5. The first kappa shape index (κ1) is 11.0. The van der Waals surface area contributed by atoms with Gasteiger partial charge in [-0.25, -0.2) is 4.79 Å². The lowest BCUT2D eigenvalue weighted by Crippen LogP contribution is -2.50. The van der Waals surface area contributed by atoms with Gasteiger partial charge in [-0.1, -0.05) is 13.8 Å². The molecule has 0 radical (unpaired) electrons. The second-order valence-electron chi connectivity index (χ2n) is 4.07. The third-order valence-electron chi connectivity index (χ3n) is 2.58. The van der Waals surface area contributed by atoms with Gasteiger partial charge in [0.2, 0.25) is 5.91 Å². The molecule has 0 aliphatic carbocycles. The van der Waals surface area contributed by atoms with Crippen molar-refractivity contribution >= 4 is 11.9 Å². The van der Waals surface area contributed by atoms with Crippen LogP contribution in [0.15, 0.2) is 0 Å². The zero-order valence-electron chi connectivity index (χ0n) is 8.69. The van der Waals surface area contributed by atoms with Crippen molar-refractivity contribution in [3.8, 4) is 0 Å². The smallest absolute Gasteiger partial charge is 0.326 e. The largest absolute Gasteiger partial charge is 0.480 e. The molecule has 1 rings (SSSR count). The molecule has 1 amide bonds. The molecule has 4 nitrogen and oxygen atoms in total. The average Bonchev–Trinajstić information content (AvgIpc) is 2.07. The summed E-state index contributed by atoms with van der Waals surface area (Å²) in [5.41, 5.74) is 0. The predicted octanol–water partition coefficient (Wildman–Crippen LogP) is 1.11. The van der Waals surface area contributed by atoms with Gasteiger partial charge in [-0.3, -0.25) is 4.79 Å². The van der Waals surface area contributed by atoms with Crippen LogP contribution in [0.25, 0.3) is 0 Å². The van der Waals surface area contributed by atoms with Crippen molar-refractivity contribution in [1.29, 1.82) is 0 Å². The molecule has 1 atom stereocenters. The maximum atomic E-state index is 11.5. The van der Waals surface area contributed by atoms with E-state index in [1.165, 1.54) is 4.90 Å². The van der Waals surface area contributed by atoms with Crippen LogP contribution in [-0.4, -0.2) is 34.5 Å². The van der Waals surface area contributed by atoms with E-state index >= 15 is 0 Å². The molecule has 80 valence electrons. The first-order chi connectivity index (χ1) is 6.54. The van der Waals surface area contributed by atoms with Crippen LogP contribution >= 0.6 is 0 Å². The van der Waals surface area contributed by atoms with Crippen molar-refractivity contribution in [2.24, 2.45) is 5.92 Å². The SMILES string of the molecule is CC(C)C(C(=O)O)N1CCCCC1=O. The lowest BCUT2D eigenvalue weighted by Gasteiger charge is -2.34. The summed E-state index contributed by atoms with van der Waals surface area (Å²) >= 11 is 0. The van der Waals surface area contributed by atoms with Crippen molar-refractivity contribution in [1.82, 2.24) is 4.90 Å². The van der Waals surface area contributed by atoms with E-state index in [-0.39, 0.29) is 11.8 Å². The second-order valence-corrected chi connectivity index (χ2v) is 4.07. The van der Waals surface area contributed by atoms with Gasteiger partial charge in [0, 0.05) is 13.0 Å². The number of hydrogen-bond acceptors (Lipinski definition) is 2. The number of aliphatic carboxylic acids is 1. The van der Waals surface area contributed by atoms with Crippen LogP contribution in [0.3, 0.4) is 0 Å². The lowest BCUT2D eigenvalue weighted by molar-refractivity contribution is -0.153. The highest BCUT2D eigenvalue weighted by Crippen LogP contribution is 2.18. The number of amides is 1. The van der Waals surface area contributed by atoms with Crippen molar-refractivity contribution in [3.63, 3.8) is 0 Å². The van der Waals surface area contributed by atoms with Crippen molar-refractivity contribution < 1.29 is 14.7 Å². The van der Waals surface area contributed by atoms with E-state index in [1.807, 2.05) is 13.8 Å². The van der Waals surface area contributed by atoms with Gasteiger partial charge in [0.05, 0.1) is 0 Å². The van der Waals surface area contributed by atoms with E-state index in [4.69, 9.17) is 5.11 Å². The Hall–Kier alpha value is -1.06. The molecule has 0 aromatic carbocycles. The maximum Gasteiger partial charge on any atom is 0.326 e. The highest BCUT2D eigenvalue weighted by atomic mass is 16.4. The third-order valence-corrected chi connectivity index (χ3v) is 2.58. The van der Waals surface area contributed by atoms with Crippen molar-refractivity contribution in [2.45, 2.75) is 39.2 Å². The highest BCUT2D eigenvalue weighted by molar-refractivity contribution is 5.84. The molecule has 1 unspecified atom stereocenters. The van der Waals surface area contributed by atoms with E-state index in [0.717, 1.165) is 12.8 Å². The van der Waals surface area contributed by atoms with E-state index in [1.54, 1.807) is 0 Å². The lowest BCUT2D eigenvalue weighted by atomic mass is 9.99. The molecular weight excluding hydrogens is 182 g/mol. The van der Waals surface area contributed by atoms with Crippen LogP contribution in [0.4, 0.5) is 0 Å². The molecule has 0 bridgehead atoms. The number of carbonyl (C=O) groups excluding carboxylic acids is 1. The summed E-state index contributed by atoms with van der Waals surface area (Å²) in [5, 5.41) is 9.02. The zero-order valence-corrected chi connectivity index (χ0v) is 8.69. The highest BCUT2D eigenvalue weighted by Gasteiger charge is 2.33. The summed E-state index contributed by atoms with van der Waals surface area (Å²) in [6.45, 7) is 4.26. The predicted molar refractivity (Wildman–Crippen MR) is 51.8 cm³/mol. The molecule has 0 spiro atoms. The number of piperidine rings is 1. The first-order valence-corrected chi connectivity index (χ1v) is 5.06. The average molecular weight is 199 g/mol. The van der Waals surface area contributed by atoms with Gasteiger partial charge in [-0.15, -0.1) is 0 Å². The number of rotatable bonds is 3. The normalized spacial score (nSPS) is 19.9. The molecule has 1 aliphatic rings. The summed E-state index contributed by atoms with van der Waals surface area (Å²) in [7, 11) is 0. The summed E-state index contributed by atoms with van der Waals surface area (Å²) < 4.78 is 0. The Labute approximate surface area is 83.9 Å². The number of hydrogen-bond donors (Lipinski definition) is 1. The number of carboxylic acid groups (broad SMARTS) is 1. The van der Waals surface area contributed by atoms with E-state index in [9.17, 15) is 9.59 Å². The van der Waals surface area contributed by atoms with Gasteiger partial charge >= 0.3 is 5.97 Å². The minimum Gasteiger partial charge on any atom is -0.480 e. The van der Waals surface area contributed by atoms with Gasteiger partial charge in [-0.2, -0.15) is 0 Å². The summed E-state index contributed by atoms with van der Waals surface area (Å²) in [5.74, 6) is -0.942. The van der Waals surface area contributed by atoms with Gasteiger partial charge < -0.3 is 10.0 Å². The second kappa shape index (κ2) is 4.44. The van der Waals surface area contributed by atoms with Crippen LogP contribution < -0.4 is 0 Å². The van der Waals surface area contributed by atoms with Gasteiger partial charge in [0.25, 0.3) is 0 Å². The van der Waals surface area contributed by atoms with Crippen LogP contribution in [0, 0.1) is 5.92 Å². The summed E-state index contributed by atoms with van der Waals surface area (Å²) in [4.78, 5) is 24.0. The van der Waals surface area contributed by atoms with Gasteiger partial charge in [0.1, 0.15) is 6.04 Å². The van der Waals surface area contributed by atoms with E-state index < -0.39 is 12.0 Å². The molecule has 0 aromatic rings. The quantitative estimate of drug-likeness (QED) is 0.740. The van der Waals surface area contributed by atoms with E-state index in [2.05, 4.69) is 0 Å². The molecule has 14 heavy (non-hydrogen) atoms. The van der Waals surface area contributed by atoms with Crippen LogP contribution in [-0.2, 0) is 9.59 Å². The number of carboxylic acids is 1. The molecule has 4 heteroatoms. The van der Waals surface area contributed by atoms with E-state index in [0.29, 0.717) is 13.0 Å². The molecule has 0 saturated carbocycles. The Kier molecular flexibility index (Phi) is 3.49. The van der Waals surface area contributed by atoms with Crippen LogP contribution in [0.2, 0.25) is 0 Å². The number of nitrogens with zero attached hydrogens (tertiary/aromatic N) is 1. The summed E-state index contributed by atoms with van der Waals surface area (Å²) in [6, 6.07) is -0.650. The third kappa shape index (κ3) is 2.25. The fourth-order valence-corrected chi connectivity index (χ4v) is 1.90. The molecule has 1 N–H and O–H groups in total. The molecule has 1 heterocycles. The topological polar surface area (TPSA) is 57.6 Å². The summed E-state index contributed by atoms with van der Waals surface area (Å²) in [6.07, 6.45) is 2.30. The standard InChI is InChI=1S/C10H17NO3/c1-7(2)9(10(13)14)11-6-4-3-5-8(11)12/h7,9H,3-6H2,1-2H3,(H,13,14). The number of carbonyl (C=O) groups is 2. The molecular formula is C10H17NO3. The van der Waals surface area contributed by atoms with Crippen LogP contribution in [0.1, 0.15) is 33.1 Å².